The van der Waals surface area contributed by atoms with Crippen LogP contribution in [0.3, 0.4) is 0 Å². The SMILES string of the molecule is CCOC(=O)C(C#N)CC[C@@H](N)c1ccc(F)cc1.Cl. The van der Waals surface area contributed by atoms with E-state index in [0.717, 1.165) is 5.56 Å². The topological polar surface area (TPSA) is 76.1 Å². The molecule has 110 valence electrons. The number of carbonyl (C=O) groups excluding carboxylic acids is 1. The summed E-state index contributed by atoms with van der Waals surface area (Å²) in [5.41, 5.74) is 6.72. The minimum Gasteiger partial charge on any atom is -0.465 e. The normalized spacial score (nSPS) is 12.7. The van der Waals surface area contributed by atoms with Crippen molar-refractivity contribution in [1.82, 2.24) is 0 Å². The lowest BCUT2D eigenvalue weighted by molar-refractivity contribution is -0.146. The molecule has 2 atom stereocenters. The van der Waals surface area contributed by atoms with Gasteiger partial charge in [-0.2, -0.15) is 5.26 Å². The Kier molecular flexibility index (Phi) is 8.53. The van der Waals surface area contributed by atoms with Crippen molar-refractivity contribution in [3.8, 4) is 6.07 Å². The second-order valence-electron chi connectivity index (χ2n) is 4.17. The van der Waals surface area contributed by atoms with E-state index in [0.29, 0.717) is 12.8 Å². The zero-order chi connectivity index (χ0) is 14.3. The summed E-state index contributed by atoms with van der Waals surface area (Å²) in [6.45, 7) is 1.94. The average molecular weight is 301 g/mol. The van der Waals surface area contributed by atoms with Crippen LogP contribution >= 0.6 is 12.4 Å². The lowest BCUT2D eigenvalue weighted by Crippen LogP contribution is -2.19. The Hall–Kier alpha value is -1.64. The van der Waals surface area contributed by atoms with E-state index in [9.17, 15) is 9.18 Å². The Morgan fingerprint density at radius 2 is 2.00 bits per heavy atom. The van der Waals surface area contributed by atoms with Gasteiger partial charge in [0.1, 0.15) is 11.7 Å². The number of hydrogen-bond donors (Lipinski definition) is 1. The van der Waals surface area contributed by atoms with Crippen LogP contribution in [-0.2, 0) is 9.53 Å². The summed E-state index contributed by atoms with van der Waals surface area (Å²) in [4.78, 5) is 11.4. The van der Waals surface area contributed by atoms with Gasteiger partial charge >= 0.3 is 5.97 Å². The molecule has 4 nitrogen and oxygen atoms in total. The number of nitrogens with zero attached hydrogens (tertiary/aromatic N) is 1. The molecule has 1 aromatic rings. The molecule has 0 fully saturated rings. The first-order valence-electron chi connectivity index (χ1n) is 6.15. The van der Waals surface area contributed by atoms with Crippen molar-refractivity contribution < 1.29 is 13.9 Å². The Labute approximate surface area is 124 Å². The minimum absolute atomic E-state index is 0. The van der Waals surface area contributed by atoms with Gasteiger partial charge in [0.05, 0.1) is 12.7 Å². The third-order valence-corrected chi connectivity index (χ3v) is 2.79. The molecule has 2 N–H and O–H groups in total. The molecule has 1 unspecified atom stereocenters. The number of halogens is 2. The van der Waals surface area contributed by atoms with Crippen molar-refractivity contribution in [2.24, 2.45) is 11.7 Å². The van der Waals surface area contributed by atoms with Crippen LogP contribution in [0.25, 0.3) is 0 Å². The van der Waals surface area contributed by atoms with E-state index in [4.69, 9.17) is 15.7 Å². The number of ether oxygens (including phenoxy) is 1. The lowest BCUT2D eigenvalue weighted by Gasteiger charge is -2.14. The van der Waals surface area contributed by atoms with Crippen LogP contribution in [0.1, 0.15) is 31.4 Å². The van der Waals surface area contributed by atoms with Gasteiger partial charge in [0.2, 0.25) is 0 Å². The van der Waals surface area contributed by atoms with Gasteiger partial charge in [-0.05, 0) is 37.5 Å². The van der Waals surface area contributed by atoms with Gasteiger partial charge in [0, 0.05) is 6.04 Å². The third-order valence-electron chi connectivity index (χ3n) is 2.79. The number of benzene rings is 1. The van der Waals surface area contributed by atoms with Gasteiger partial charge in [-0.3, -0.25) is 4.79 Å². The van der Waals surface area contributed by atoms with Crippen LogP contribution < -0.4 is 5.73 Å². The summed E-state index contributed by atoms with van der Waals surface area (Å²) in [6.07, 6.45) is 0.788. The fraction of sp³-hybridized carbons (Fsp3) is 0.429. The molecule has 0 bridgehead atoms. The molecule has 0 saturated heterocycles. The largest absolute Gasteiger partial charge is 0.465 e. The van der Waals surface area contributed by atoms with Crippen molar-refractivity contribution in [3.05, 3.63) is 35.6 Å². The highest BCUT2D eigenvalue weighted by atomic mass is 35.5. The summed E-state index contributed by atoms with van der Waals surface area (Å²) in [5, 5.41) is 8.90. The maximum absolute atomic E-state index is 12.8. The smallest absolute Gasteiger partial charge is 0.323 e. The van der Waals surface area contributed by atoms with Crippen LogP contribution in [0.15, 0.2) is 24.3 Å². The van der Waals surface area contributed by atoms with Crippen molar-refractivity contribution in [2.45, 2.75) is 25.8 Å². The highest BCUT2D eigenvalue weighted by Gasteiger charge is 2.20. The van der Waals surface area contributed by atoms with Crippen molar-refractivity contribution in [1.29, 1.82) is 5.26 Å². The summed E-state index contributed by atoms with van der Waals surface area (Å²) < 4.78 is 17.6. The van der Waals surface area contributed by atoms with Gasteiger partial charge in [0.25, 0.3) is 0 Å². The van der Waals surface area contributed by atoms with E-state index in [1.165, 1.54) is 12.1 Å². The Bertz CT molecular complexity index is 459. The van der Waals surface area contributed by atoms with Crippen LogP contribution in [0, 0.1) is 23.1 Å². The van der Waals surface area contributed by atoms with Gasteiger partial charge in [0.15, 0.2) is 0 Å². The number of nitriles is 1. The van der Waals surface area contributed by atoms with Crippen molar-refractivity contribution in [3.63, 3.8) is 0 Å². The van der Waals surface area contributed by atoms with E-state index in [1.54, 1.807) is 19.1 Å². The number of esters is 1. The quantitative estimate of drug-likeness (QED) is 0.820. The monoisotopic (exact) mass is 300 g/mol. The van der Waals surface area contributed by atoms with E-state index in [2.05, 4.69) is 0 Å². The predicted octanol–water partition coefficient (Wildman–Crippen LogP) is 2.73. The van der Waals surface area contributed by atoms with Gasteiger partial charge in [-0.15, -0.1) is 12.4 Å². The zero-order valence-electron chi connectivity index (χ0n) is 11.2. The summed E-state index contributed by atoms with van der Waals surface area (Å²) in [7, 11) is 0. The highest BCUT2D eigenvalue weighted by Crippen LogP contribution is 2.19. The van der Waals surface area contributed by atoms with Gasteiger partial charge in [-0.25, -0.2) is 4.39 Å². The number of nitrogens with two attached hydrogens (primary N) is 1. The molecule has 0 radical (unpaired) electrons. The van der Waals surface area contributed by atoms with E-state index < -0.39 is 11.9 Å². The molecule has 6 heteroatoms. The third kappa shape index (κ3) is 5.55. The molecule has 0 spiro atoms. The molecule has 1 aromatic carbocycles. The van der Waals surface area contributed by atoms with Crippen molar-refractivity contribution >= 4 is 18.4 Å². The summed E-state index contributed by atoms with van der Waals surface area (Å²) in [5.74, 6) is -1.64. The van der Waals surface area contributed by atoms with E-state index in [1.807, 2.05) is 6.07 Å². The maximum atomic E-state index is 12.8. The van der Waals surface area contributed by atoms with Crippen LogP contribution in [0.2, 0.25) is 0 Å². The molecule has 0 aliphatic rings. The molecule has 0 heterocycles. The van der Waals surface area contributed by atoms with Crippen LogP contribution in [0.4, 0.5) is 4.39 Å². The Morgan fingerprint density at radius 3 is 2.50 bits per heavy atom. The van der Waals surface area contributed by atoms with E-state index in [-0.39, 0.29) is 30.9 Å². The second kappa shape index (κ2) is 9.29. The van der Waals surface area contributed by atoms with Gasteiger partial charge in [-0.1, -0.05) is 12.1 Å². The predicted molar refractivity (Wildman–Crippen MR) is 75.5 cm³/mol. The molecule has 0 aliphatic heterocycles. The Morgan fingerprint density at radius 1 is 1.40 bits per heavy atom. The fourth-order valence-corrected chi connectivity index (χ4v) is 1.70. The molecule has 0 aliphatic carbocycles. The second-order valence-corrected chi connectivity index (χ2v) is 4.17. The van der Waals surface area contributed by atoms with Gasteiger partial charge < -0.3 is 10.5 Å². The molecule has 0 amide bonds. The molecule has 1 rings (SSSR count). The number of hydrogen-bond acceptors (Lipinski definition) is 4. The standard InChI is InChI=1S/C14H17FN2O2.ClH/c1-2-19-14(18)11(9-16)5-8-13(17)10-3-6-12(15)7-4-10;/h3-4,6-7,11,13H,2,5,8,17H2,1H3;1H/t11?,13-;/m1./s1. The number of carbonyl (C=O) groups is 1. The summed E-state index contributed by atoms with van der Waals surface area (Å²) in [6, 6.07) is 7.46. The molecule has 0 aromatic heterocycles. The molecular weight excluding hydrogens is 283 g/mol. The molecule has 0 saturated carbocycles. The highest BCUT2D eigenvalue weighted by molar-refractivity contribution is 5.85. The first-order chi connectivity index (χ1) is 9.08. The molecular formula is C14H18ClFN2O2. The fourth-order valence-electron chi connectivity index (χ4n) is 1.70. The zero-order valence-corrected chi connectivity index (χ0v) is 12.0. The van der Waals surface area contributed by atoms with Crippen molar-refractivity contribution in [2.75, 3.05) is 6.61 Å². The minimum atomic E-state index is -0.800. The van der Waals surface area contributed by atoms with Crippen LogP contribution in [-0.4, -0.2) is 12.6 Å². The lowest BCUT2D eigenvalue weighted by atomic mass is 9.97. The van der Waals surface area contributed by atoms with E-state index >= 15 is 0 Å². The maximum Gasteiger partial charge on any atom is 0.323 e. The average Bonchev–Trinajstić information content (AvgIpc) is 2.40. The van der Waals surface area contributed by atoms with Crippen LogP contribution in [0.5, 0.6) is 0 Å². The first-order valence-corrected chi connectivity index (χ1v) is 6.15. The number of rotatable bonds is 6. The first kappa shape index (κ1) is 18.4. The Balaban J connectivity index is 0.00000361. The summed E-state index contributed by atoms with van der Waals surface area (Å²) >= 11 is 0. The molecule has 20 heavy (non-hydrogen) atoms.